The highest BCUT2D eigenvalue weighted by atomic mass is 16.5. The predicted molar refractivity (Wildman–Crippen MR) is 141 cm³/mol. The van der Waals surface area contributed by atoms with Crippen molar-refractivity contribution >= 4 is 23.4 Å². The lowest BCUT2D eigenvalue weighted by atomic mass is 9.62. The summed E-state index contributed by atoms with van der Waals surface area (Å²) < 4.78 is 21.8. The molecule has 0 bridgehead atoms. The zero-order chi connectivity index (χ0) is 27.4. The molecule has 8 nitrogen and oxygen atoms in total. The Balaban J connectivity index is 1.92. The first-order valence-electron chi connectivity index (χ1n) is 12.8. The quantitative estimate of drug-likeness (QED) is 0.370. The van der Waals surface area contributed by atoms with Crippen molar-refractivity contribution in [3.05, 3.63) is 70.9 Å². The fourth-order valence-corrected chi connectivity index (χ4v) is 5.62. The first-order chi connectivity index (χ1) is 18.4. The van der Waals surface area contributed by atoms with Crippen LogP contribution in [0.1, 0.15) is 50.2 Å². The molecular formula is C30H33NO7. The maximum absolute atomic E-state index is 14.4. The third-order valence-electron chi connectivity index (χ3n) is 7.18. The molecule has 4 rings (SSSR count). The van der Waals surface area contributed by atoms with Gasteiger partial charge in [-0.05, 0) is 56.5 Å². The summed E-state index contributed by atoms with van der Waals surface area (Å²) in [5.41, 5.74) is 2.85. The predicted octanol–water partition coefficient (Wildman–Crippen LogP) is 4.63. The fraction of sp³-hybridized carbons (Fsp3) is 0.400. The zero-order valence-electron chi connectivity index (χ0n) is 22.4. The second-order valence-electron chi connectivity index (χ2n) is 9.24. The van der Waals surface area contributed by atoms with E-state index in [0.717, 1.165) is 5.56 Å². The molecule has 200 valence electrons. The van der Waals surface area contributed by atoms with Crippen LogP contribution in [0.15, 0.2) is 64.8 Å². The minimum atomic E-state index is -1.09. The van der Waals surface area contributed by atoms with Gasteiger partial charge in [0.25, 0.3) is 0 Å². The van der Waals surface area contributed by atoms with Gasteiger partial charge in [0.2, 0.25) is 0 Å². The highest BCUT2D eigenvalue weighted by Gasteiger charge is 2.53. The van der Waals surface area contributed by atoms with E-state index < -0.39 is 35.6 Å². The van der Waals surface area contributed by atoms with Crippen LogP contribution in [-0.2, 0) is 23.9 Å². The molecule has 0 radical (unpaired) electrons. The Bertz CT molecular complexity index is 1300. The molecule has 2 aliphatic rings. The molecule has 1 heterocycles. The topological polar surface area (TPSA) is 100 Å². The number of hydrogen-bond acceptors (Lipinski definition) is 8. The molecule has 1 aliphatic heterocycles. The lowest BCUT2D eigenvalue weighted by Gasteiger charge is -2.41. The lowest BCUT2D eigenvalue weighted by molar-refractivity contribution is -0.153. The molecule has 0 saturated heterocycles. The monoisotopic (exact) mass is 519 g/mol. The molecule has 2 aromatic carbocycles. The molecule has 1 fully saturated rings. The number of methoxy groups -OCH3 is 2. The summed E-state index contributed by atoms with van der Waals surface area (Å²) in [6.07, 6.45) is 0.328. The van der Waals surface area contributed by atoms with Crippen LogP contribution in [0.2, 0.25) is 0 Å². The summed E-state index contributed by atoms with van der Waals surface area (Å²) >= 11 is 0. The van der Waals surface area contributed by atoms with E-state index in [1.54, 1.807) is 53.2 Å². The maximum Gasteiger partial charge on any atom is 0.336 e. The lowest BCUT2D eigenvalue weighted by Crippen LogP contribution is -2.48. The minimum Gasteiger partial charge on any atom is -0.497 e. The SMILES string of the molecule is CCOC(=O)C1=C(C)N=C2C[C@H](c3ccccc3OC)[C@H](C(=O)OCC)C(=O)C2[C@@H]1c1cccc(OC)c1. The Hall–Kier alpha value is -3.94. The van der Waals surface area contributed by atoms with Crippen molar-refractivity contribution in [1.82, 2.24) is 0 Å². The van der Waals surface area contributed by atoms with Gasteiger partial charge in [-0.3, -0.25) is 14.6 Å². The number of ketones is 1. The van der Waals surface area contributed by atoms with E-state index in [1.165, 1.54) is 0 Å². The number of fused-ring (bicyclic) bond motifs is 1. The number of benzene rings is 2. The van der Waals surface area contributed by atoms with Gasteiger partial charge in [0.05, 0.1) is 38.9 Å². The molecule has 0 amide bonds. The molecule has 8 heteroatoms. The van der Waals surface area contributed by atoms with Gasteiger partial charge < -0.3 is 18.9 Å². The van der Waals surface area contributed by atoms with Crippen LogP contribution in [0.5, 0.6) is 11.5 Å². The number of para-hydroxylation sites is 1. The largest absolute Gasteiger partial charge is 0.497 e. The van der Waals surface area contributed by atoms with Crippen molar-refractivity contribution in [2.75, 3.05) is 27.4 Å². The molecule has 2 aromatic rings. The molecule has 1 saturated carbocycles. The van der Waals surface area contributed by atoms with Crippen molar-refractivity contribution in [3.63, 3.8) is 0 Å². The van der Waals surface area contributed by atoms with Gasteiger partial charge in [0.1, 0.15) is 17.4 Å². The van der Waals surface area contributed by atoms with Gasteiger partial charge in [-0.1, -0.05) is 30.3 Å². The van der Waals surface area contributed by atoms with E-state index in [1.807, 2.05) is 30.3 Å². The van der Waals surface area contributed by atoms with E-state index in [4.69, 9.17) is 23.9 Å². The van der Waals surface area contributed by atoms with Gasteiger partial charge in [-0.25, -0.2) is 4.79 Å². The van der Waals surface area contributed by atoms with Crippen LogP contribution in [-0.4, -0.2) is 50.9 Å². The van der Waals surface area contributed by atoms with Crippen LogP contribution >= 0.6 is 0 Å². The molecule has 1 aliphatic carbocycles. The van der Waals surface area contributed by atoms with Gasteiger partial charge in [0.15, 0.2) is 5.78 Å². The molecule has 38 heavy (non-hydrogen) atoms. The van der Waals surface area contributed by atoms with Crippen molar-refractivity contribution in [3.8, 4) is 11.5 Å². The van der Waals surface area contributed by atoms with Crippen molar-refractivity contribution in [2.45, 2.75) is 39.0 Å². The third kappa shape index (κ3) is 4.95. The van der Waals surface area contributed by atoms with Crippen LogP contribution in [0.3, 0.4) is 0 Å². The summed E-state index contributed by atoms with van der Waals surface area (Å²) in [5, 5.41) is 0. The summed E-state index contributed by atoms with van der Waals surface area (Å²) in [5.74, 6) is -3.46. The van der Waals surface area contributed by atoms with Gasteiger partial charge >= 0.3 is 11.9 Å². The van der Waals surface area contributed by atoms with E-state index >= 15 is 0 Å². The van der Waals surface area contributed by atoms with Gasteiger partial charge in [0, 0.05) is 23.2 Å². The van der Waals surface area contributed by atoms with E-state index in [0.29, 0.717) is 40.5 Å². The molecule has 0 spiro atoms. The Morgan fingerprint density at radius 1 is 0.947 bits per heavy atom. The number of rotatable bonds is 8. The van der Waals surface area contributed by atoms with Crippen LogP contribution in [0.4, 0.5) is 0 Å². The van der Waals surface area contributed by atoms with E-state index in [9.17, 15) is 14.4 Å². The number of hydrogen-bond donors (Lipinski definition) is 0. The van der Waals surface area contributed by atoms with Gasteiger partial charge in [-0.2, -0.15) is 0 Å². The fourth-order valence-electron chi connectivity index (χ4n) is 5.62. The normalized spacial score (nSPS) is 22.8. The molecule has 0 N–H and O–H groups in total. The van der Waals surface area contributed by atoms with Gasteiger partial charge in [-0.15, -0.1) is 0 Å². The molecular weight excluding hydrogens is 486 g/mol. The highest BCUT2D eigenvalue weighted by molar-refractivity contribution is 6.18. The van der Waals surface area contributed by atoms with Crippen molar-refractivity contribution < 1.29 is 33.3 Å². The van der Waals surface area contributed by atoms with Crippen molar-refractivity contribution in [1.29, 1.82) is 0 Å². The first-order valence-corrected chi connectivity index (χ1v) is 12.8. The Morgan fingerprint density at radius 3 is 2.37 bits per heavy atom. The second kappa shape index (κ2) is 11.6. The van der Waals surface area contributed by atoms with Crippen LogP contribution < -0.4 is 9.47 Å². The number of aliphatic imine (C=N–C) groups is 1. The van der Waals surface area contributed by atoms with Crippen LogP contribution in [0, 0.1) is 11.8 Å². The molecule has 4 atom stereocenters. The number of esters is 2. The average Bonchev–Trinajstić information content (AvgIpc) is 2.92. The summed E-state index contributed by atoms with van der Waals surface area (Å²) in [7, 11) is 3.11. The minimum absolute atomic E-state index is 0.138. The Labute approximate surface area is 222 Å². The van der Waals surface area contributed by atoms with E-state index in [-0.39, 0.29) is 19.0 Å². The summed E-state index contributed by atoms with van der Waals surface area (Å²) in [6, 6.07) is 14.6. The number of ether oxygens (including phenoxy) is 4. The standard InChI is InChI=1S/C30H33NO7/c1-6-37-29(33)24-17(3)31-22-16-21(20-13-8-9-14-23(20)36-5)26(30(34)38-7-2)28(32)27(22)25(24)18-11-10-12-19(15-18)35-4/h8-15,21,25-27H,6-7,16H2,1-5H3/t21-,25-,26+,27?/m1/s1. The highest BCUT2D eigenvalue weighted by Crippen LogP contribution is 2.49. The van der Waals surface area contributed by atoms with Crippen molar-refractivity contribution in [2.24, 2.45) is 16.8 Å². The number of carbonyl (C=O) groups is 3. The first kappa shape index (κ1) is 27.1. The third-order valence-corrected chi connectivity index (χ3v) is 7.18. The number of carbonyl (C=O) groups excluding carboxylic acids is 3. The van der Waals surface area contributed by atoms with Crippen LogP contribution in [0.25, 0.3) is 0 Å². The summed E-state index contributed by atoms with van der Waals surface area (Å²) in [6.45, 7) is 5.51. The number of nitrogens with zero attached hydrogens (tertiary/aromatic N) is 1. The summed E-state index contributed by atoms with van der Waals surface area (Å²) in [4.78, 5) is 45.7. The molecule has 0 aromatic heterocycles. The Kier molecular flexibility index (Phi) is 8.29. The van der Waals surface area contributed by atoms with E-state index in [2.05, 4.69) is 0 Å². The Morgan fingerprint density at radius 2 is 1.68 bits per heavy atom. The second-order valence-corrected chi connectivity index (χ2v) is 9.24. The average molecular weight is 520 g/mol. The number of Topliss-reactive ketones (excluding diaryl/α,β-unsaturated/α-hetero) is 1. The molecule has 1 unspecified atom stereocenters. The smallest absolute Gasteiger partial charge is 0.336 e. The maximum atomic E-state index is 14.4. The number of allylic oxidation sites excluding steroid dienone is 1. The zero-order valence-corrected chi connectivity index (χ0v) is 22.4.